The van der Waals surface area contributed by atoms with E-state index >= 15 is 0 Å². The van der Waals surface area contributed by atoms with Gasteiger partial charge >= 0.3 is 8.25 Å². The first-order chi connectivity index (χ1) is 8.70. The summed E-state index contributed by atoms with van der Waals surface area (Å²) in [5.74, 6) is 1.38. The molecule has 1 aliphatic rings. The van der Waals surface area contributed by atoms with Crippen molar-refractivity contribution in [3.05, 3.63) is 23.8 Å². The lowest BCUT2D eigenvalue weighted by Gasteiger charge is -2.22. The molecule has 0 aromatic heterocycles. The van der Waals surface area contributed by atoms with Crippen molar-refractivity contribution in [2.24, 2.45) is 0 Å². The Morgan fingerprint density at radius 2 is 1.94 bits per heavy atom. The van der Waals surface area contributed by atoms with Crippen LogP contribution in [0.2, 0.25) is 0 Å². The third-order valence-corrected chi connectivity index (χ3v) is 4.19. The van der Waals surface area contributed by atoms with Crippen molar-refractivity contribution >= 4 is 31.3 Å². The molecule has 0 bridgehead atoms. The fraction of sp³-hybridized carbons (Fsp3) is 0.500. The van der Waals surface area contributed by atoms with Gasteiger partial charge in [0.25, 0.3) is 0 Å². The maximum atomic E-state index is 10.8. The van der Waals surface area contributed by atoms with Gasteiger partial charge in [-0.05, 0) is 36.5 Å². The fourth-order valence-electron chi connectivity index (χ4n) is 2.45. The van der Waals surface area contributed by atoms with Crippen LogP contribution in [0.1, 0.15) is 43.6 Å². The molecule has 6 heteroatoms. The van der Waals surface area contributed by atoms with Gasteiger partial charge in [0.05, 0.1) is 0 Å². The Kier molecular flexibility index (Phi) is 5.33. The Hall–Kier alpha value is -0.260. The van der Waals surface area contributed by atoms with Crippen LogP contribution in [-0.4, -0.2) is 4.89 Å². The van der Waals surface area contributed by atoms with Gasteiger partial charge in [0, 0.05) is 0 Å². The number of hydrogen-bond acceptors (Lipinski definition) is 3. The Balaban J connectivity index is 2.23. The van der Waals surface area contributed by atoms with Crippen molar-refractivity contribution in [2.45, 2.75) is 38.0 Å². The molecule has 0 saturated heterocycles. The minimum atomic E-state index is -3.00. The molecule has 18 heavy (non-hydrogen) atoms. The molecular weight excluding hydrogens is 366 g/mol. The molecule has 1 aliphatic carbocycles. The van der Waals surface area contributed by atoms with Gasteiger partial charge in [-0.15, -0.1) is 0 Å². The first-order valence-corrected chi connectivity index (χ1v) is 8.18. The summed E-state index contributed by atoms with van der Waals surface area (Å²) in [6, 6.07) is 5.66. The maximum Gasteiger partial charge on any atom is 0.365 e. The highest BCUT2D eigenvalue weighted by Crippen LogP contribution is 2.40. The van der Waals surface area contributed by atoms with E-state index < -0.39 is 8.25 Å². The van der Waals surface area contributed by atoms with E-state index in [1.807, 2.05) is 12.1 Å². The average molecular weight is 382 g/mol. The molecule has 0 spiro atoms. The van der Waals surface area contributed by atoms with Crippen LogP contribution in [0, 0.1) is 0 Å². The second-order valence-electron chi connectivity index (χ2n) is 4.49. The van der Waals surface area contributed by atoms with Gasteiger partial charge in [0.2, 0.25) is 0 Å². The van der Waals surface area contributed by atoms with E-state index in [4.69, 9.17) is 12.5 Å². The van der Waals surface area contributed by atoms with Crippen LogP contribution >= 0.6 is 31.3 Å². The fourth-order valence-corrected chi connectivity index (χ4v) is 3.16. The van der Waals surface area contributed by atoms with Gasteiger partial charge in [-0.1, -0.05) is 25.3 Å². The standard InChI is InChI=1S/C12H16IO4P/c13-16-11-7-6-10(8-12(11)17-18(14)15)9-4-2-1-3-5-9/h6-9,18H,1-5H2,(H,14,15). The SMILES string of the molecule is O=[PH](O)Oc1cc(C2CCCCC2)ccc1OI. The van der Waals surface area contributed by atoms with Crippen molar-refractivity contribution in [1.29, 1.82) is 0 Å². The van der Waals surface area contributed by atoms with Crippen molar-refractivity contribution < 1.29 is 17.0 Å². The van der Waals surface area contributed by atoms with E-state index in [-0.39, 0.29) is 0 Å². The largest absolute Gasteiger partial charge is 0.424 e. The summed E-state index contributed by atoms with van der Waals surface area (Å²) in [6.45, 7) is 0. The maximum absolute atomic E-state index is 10.8. The summed E-state index contributed by atoms with van der Waals surface area (Å²) in [5, 5.41) is 0. The Morgan fingerprint density at radius 1 is 1.22 bits per heavy atom. The third-order valence-electron chi connectivity index (χ3n) is 3.32. The van der Waals surface area contributed by atoms with Crippen LogP contribution in [-0.2, 0) is 4.57 Å². The van der Waals surface area contributed by atoms with Gasteiger partial charge in [0.1, 0.15) is 0 Å². The molecule has 1 aromatic carbocycles. The van der Waals surface area contributed by atoms with Crippen LogP contribution in [0.3, 0.4) is 0 Å². The third kappa shape index (κ3) is 3.62. The molecule has 1 saturated carbocycles. The second-order valence-corrected chi connectivity index (χ2v) is 5.66. The smallest absolute Gasteiger partial charge is 0.365 e. The minimum Gasteiger partial charge on any atom is -0.424 e. The van der Waals surface area contributed by atoms with Crippen LogP contribution in [0.15, 0.2) is 18.2 Å². The number of benzene rings is 1. The predicted octanol–water partition coefficient (Wildman–Crippen LogP) is 4.22. The van der Waals surface area contributed by atoms with E-state index in [1.165, 1.54) is 37.7 Å². The van der Waals surface area contributed by atoms with E-state index in [9.17, 15) is 4.57 Å². The monoisotopic (exact) mass is 382 g/mol. The normalized spacial score (nSPS) is 18.3. The summed E-state index contributed by atoms with van der Waals surface area (Å²) >= 11 is 1.74. The quantitative estimate of drug-likeness (QED) is 0.626. The van der Waals surface area contributed by atoms with Crippen molar-refractivity contribution in [2.75, 3.05) is 0 Å². The van der Waals surface area contributed by atoms with E-state index in [0.29, 0.717) is 17.4 Å². The molecule has 0 aliphatic heterocycles. The van der Waals surface area contributed by atoms with Crippen LogP contribution in [0.25, 0.3) is 0 Å². The first-order valence-electron chi connectivity index (χ1n) is 6.04. The molecule has 1 atom stereocenters. The molecular formula is C12H16IO4P. The predicted molar refractivity (Wildman–Crippen MR) is 78.8 cm³/mol. The lowest BCUT2D eigenvalue weighted by molar-refractivity contribution is 0.404. The van der Waals surface area contributed by atoms with Gasteiger partial charge in [-0.3, -0.25) is 0 Å². The molecule has 1 N–H and O–H groups in total. The van der Waals surface area contributed by atoms with Crippen LogP contribution < -0.4 is 7.59 Å². The summed E-state index contributed by atoms with van der Waals surface area (Å²) in [7, 11) is -3.00. The van der Waals surface area contributed by atoms with E-state index in [1.54, 1.807) is 29.1 Å². The van der Waals surface area contributed by atoms with Gasteiger partial charge in [-0.25, -0.2) is 4.57 Å². The van der Waals surface area contributed by atoms with Gasteiger partial charge in [0.15, 0.2) is 34.5 Å². The summed E-state index contributed by atoms with van der Waals surface area (Å²) in [4.78, 5) is 8.89. The Labute approximate surface area is 121 Å². The van der Waals surface area contributed by atoms with E-state index in [2.05, 4.69) is 0 Å². The zero-order valence-electron chi connectivity index (χ0n) is 9.89. The molecule has 0 radical (unpaired) electrons. The zero-order valence-corrected chi connectivity index (χ0v) is 13.1. The molecule has 0 heterocycles. The number of rotatable bonds is 4. The first kappa shape index (κ1) is 14.2. The summed E-state index contributed by atoms with van der Waals surface area (Å²) < 4.78 is 20.9. The van der Waals surface area contributed by atoms with Crippen LogP contribution in [0.4, 0.5) is 0 Å². The molecule has 4 nitrogen and oxygen atoms in total. The van der Waals surface area contributed by atoms with Gasteiger partial charge in [-0.2, -0.15) is 0 Å². The highest BCUT2D eigenvalue weighted by molar-refractivity contribution is 14.1. The zero-order chi connectivity index (χ0) is 13.0. The summed E-state index contributed by atoms with van der Waals surface area (Å²) in [5.41, 5.74) is 1.17. The Morgan fingerprint density at radius 3 is 2.56 bits per heavy atom. The summed E-state index contributed by atoms with van der Waals surface area (Å²) in [6.07, 6.45) is 6.17. The lowest BCUT2D eigenvalue weighted by Crippen LogP contribution is -2.04. The van der Waals surface area contributed by atoms with Crippen molar-refractivity contribution in [1.82, 2.24) is 0 Å². The second kappa shape index (κ2) is 6.78. The minimum absolute atomic E-state index is 0.360. The molecule has 0 amide bonds. The highest BCUT2D eigenvalue weighted by atomic mass is 127. The average Bonchev–Trinajstić information content (AvgIpc) is 2.39. The molecule has 100 valence electrons. The van der Waals surface area contributed by atoms with Crippen molar-refractivity contribution in [3.8, 4) is 11.5 Å². The topological polar surface area (TPSA) is 55.8 Å². The van der Waals surface area contributed by atoms with Crippen LogP contribution in [0.5, 0.6) is 11.5 Å². The molecule has 1 aromatic rings. The molecule has 1 unspecified atom stereocenters. The molecule has 2 rings (SSSR count). The lowest BCUT2D eigenvalue weighted by atomic mass is 9.84. The number of hydrogen-bond donors (Lipinski definition) is 1. The highest BCUT2D eigenvalue weighted by Gasteiger charge is 2.18. The molecule has 1 fully saturated rings. The van der Waals surface area contributed by atoms with Gasteiger partial charge < -0.3 is 12.5 Å². The van der Waals surface area contributed by atoms with Crippen molar-refractivity contribution in [3.63, 3.8) is 0 Å². The number of halogens is 1. The Bertz CT molecular complexity index is 432. The van der Waals surface area contributed by atoms with E-state index in [0.717, 1.165) is 0 Å².